The number of carbonyl (C=O) groups excluding carboxylic acids is 14. The van der Waals surface area contributed by atoms with Crippen molar-refractivity contribution in [1.29, 1.82) is 5.41 Å². The van der Waals surface area contributed by atoms with Crippen LogP contribution in [0.2, 0.25) is 0 Å². The van der Waals surface area contributed by atoms with Gasteiger partial charge in [-0.05, 0) is 85.0 Å². The second-order valence-corrected chi connectivity index (χ2v) is 33.4. The summed E-state index contributed by atoms with van der Waals surface area (Å²) < 4.78 is 31.7. The highest BCUT2D eigenvalue weighted by atomic mass is 19.4. The van der Waals surface area contributed by atoms with Gasteiger partial charge in [-0.15, -0.1) is 0 Å². The molecule has 1 fully saturated rings. The highest BCUT2D eigenvalue weighted by Gasteiger charge is 2.44. The minimum atomic E-state index is -5.08. The van der Waals surface area contributed by atoms with Crippen molar-refractivity contribution in [3.63, 3.8) is 0 Å². The molecular formula is C85H123F3N24O21. The maximum Gasteiger partial charge on any atom is 0.490 e. The van der Waals surface area contributed by atoms with Crippen molar-refractivity contribution in [2.24, 2.45) is 46.8 Å². The fourth-order valence-electron chi connectivity index (χ4n) is 13.9. The van der Waals surface area contributed by atoms with Crippen molar-refractivity contribution < 1.29 is 115 Å². The zero-order valence-corrected chi connectivity index (χ0v) is 75.3. The number of carbonyl (C=O) groups is 17. The number of hydrogen-bond acceptors (Lipinski definition) is 23. The lowest BCUT2D eigenvalue weighted by molar-refractivity contribution is -0.192. The molecule has 4 heterocycles. The third-order valence-corrected chi connectivity index (χ3v) is 21.6. The number of guanidine groups is 1. The van der Waals surface area contributed by atoms with Gasteiger partial charge in [-0.1, -0.05) is 125 Å². The first-order valence-corrected chi connectivity index (χ1v) is 43.2. The quantitative estimate of drug-likeness (QED) is 0.0114. The molecule has 6 rings (SSSR count). The van der Waals surface area contributed by atoms with Crippen LogP contribution in [0, 0.1) is 35.0 Å². The Morgan fingerprint density at radius 1 is 0.489 bits per heavy atom. The Balaban J connectivity index is 0.00000428. The van der Waals surface area contributed by atoms with E-state index in [4.69, 9.17) is 32.5 Å². The average molecular weight is 1870 g/mol. The number of phenolic OH excluding ortho intramolecular Hbond substituents is 1. The number of nitrogens with two attached hydrogens (primary N) is 3. The zero-order valence-electron chi connectivity index (χ0n) is 75.3. The number of rotatable bonds is 52. The fraction of sp³-hybridized carbons (Fsp3) is 0.541. The van der Waals surface area contributed by atoms with Gasteiger partial charge in [0.15, 0.2) is 5.96 Å². The lowest BCUT2D eigenvalue weighted by Gasteiger charge is -2.32. The van der Waals surface area contributed by atoms with Gasteiger partial charge in [-0.2, -0.15) is 13.2 Å². The molecule has 3 aromatic heterocycles. The number of aromatic hydroxyl groups is 1. The van der Waals surface area contributed by atoms with Gasteiger partial charge < -0.3 is 127 Å². The third kappa shape index (κ3) is 36.6. The van der Waals surface area contributed by atoms with Gasteiger partial charge in [0.05, 0.1) is 37.9 Å². The lowest BCUT2D eigenvalue weighted by Crippen LogP contribution is -2.62. The highest BCUT2D eigenvalue weighted by molar-refractivity contribution is 6.01. The van der Waals surface area contributed by atoms with Crippen LogP contribution in [0.5, 0.6) is 5.75 Å². The van der Waals surface area contributed by atoms with Crippen molar-refractivity contribution in [1.82, 2.24) is 104 Å². The smallest absolute Gasteiger partial charge is 0.490 e. The van der Waals surface area contributed by atoms with Crippen LogP contribution >= 0.6 is 0 Å². The first-order valence-electron chi connectivity index (χ1n) is 43.2. The molecule has 14 amide bonds. The number of aromatic nitrogens is 6. The second kappa shape index (κ2) is 53.3. The molecule has 730 valence electrons. The summed E-state index contributed by atoms with van der Waals surface area (Å²) in [6, 6.07) is -6.25. The van der Waals surface area contributed by atoms with E-state index in [1.807, 2.05) is 0 Å². The number of alkyl halides is 3. The van der Waals surface area contributed by atoms with Crippen LogP contribution < -0.4 is 86.3 Å². The van der Waals surface area contributed by atoms with E-state index in [1.54, 1.807) is 99.6 Å². The van der Waals surface area contributed by atoms with Gasteiger partial charge in [0.2, 0.25) is 82.7 Å². The first kappa shape index (κ1) is 109. The standard InChI is InChI=1S/C83H122N24O19.C2HF3O2/c1-11-45(9)67(105-75(118)57(30-48-22-24-52(108)25-23-48)99-77(120)65(43(5)6)103-70(113)54(20-16-26-91-83(86)87)95-69(112)53(84)34-64(110)111)80(123)101-60(33-51-38-90-41-94-51)81(124)107-27-17-21-62(107)76(119)98-56(29-47-18-14-13-15-19-47)71(114)97-58(31-49-36-88-39-92-49)72(115)96-55(28-42(3)4)74(117)104-66(44(7)8)78(121)106-68(46(10)12-2)79(122)100-59(32-50-37-89-40-93-50)73(116)102-61(82(125)126)35-63(85)109;3-2(4,5)1(6)7/h13-15,18-19,22-25,36-46,53-62,65-68,108H,11-12,16-17,20-21,26-35,84H2,1-10H3,(H2,85,109)(H,88,92)(H,89,93)(H,90,94)(H,95,112)(H,96,115)(H,97,114)(H,98,119)(H,99,120)(H,100,122)(H,101,123)(H,102,116)(H,103,113)(H,104,117)(H,105,118)(H,106,121)(H,110,111)(H,125,126)(H4,86,87,91);(H,6,7)/t45-,46-,53-,54-,55-,56-,57-,58-,59-,60-,61-,62-,65-,66-,67-,68-;/m0./s1. The summed E-state index contributed by atoms with van der Waals surface area (Å²) in [6.45, 7) is 16.8. The molecular weight excluding hydrogens is 1750 g/mol. The number of primary amides is 1. The second-order valence-electron chi connectivity index (χ2n) is 33.4. The minimum Gasteiger partial charge on any atom is -0.508 e. The minimum absolute atomic E-state index is 0.0212. The number of aromatic amines is 3. The molecule has 0 spiro atoms. The molecule has 1 aliphatic heterocycles. The summed E-state index contributed by atoms with van der Waals surface area (Å²) in [6.07, 6.45) is 1.31. The normalized spacial score (nSPS) is 15.8. The molecule has 0 unspecified atom stereocenters. The molecule has 0 saturated carbocycles. The maximum atomic E-state index is 15.4. The topological polar surface area (TPSA) is 719 Å². The van der Waals surface area contributed by atoms with Crippen molar-refractivity contribution in [2.45, 2.75) is 250 Å². The van der Waals surface area contributed by atoms with Crippen LogP contribution in [0.15, 0.2) is 92.2 Å². The summed E-state index contributed by atoms with van der Waals surface area (Å²) in [5.74, 6) is -21.6. The average Bonchev–Trinajstić information content (AvgIpc) is 1.63. The molecule has 133 heavy (non-hydrogen) atoms. The predicted molar refractivity (Wildman–Crippen MR) is 469 cm³/mol. The largest absolute Gasteiger partial charge is 0.508 e. The van der Waals surface area contributed by atoms with Crippen LogP contribution in [0.25, 0.3) is 0 Å². The molecule has 16 atom stereocenters. The van der Waals surface area contributed by atoms with E-state index in [-0.39, 0.29) is 101 Å². The number of imidazole rings is 3. The summed E-state index contributed by atoms with van der Waals surface area (Å²) >= 11 is 0. The number of benzene rings is 2. The van der Waals surface area contributed by atoms with Crippen molar-refractivity contribution >= 4 is 107 Å². The number of carboxylic acids is 3. The van der Waals surface area contributed by atoms with Crippen LogP contribution in [-0.2, 0) is 114 Å². The Kier molecular flexibility index (Phi) is 43.8. The van der Waals surface area contributed by atoms with Crippen LogP contribution in [0.4, 0.5) is 13.2 Å². The summed E-state index contributed by atoms with van der Waals surface area (Å²) in [7, 11) is 0. The molecule has 48 heteroatoms. The van der Waals surface area contributed by atoms with Gasteiger partial charge in [-0.3, -0.25) is 77.3 Å². The Hall–Kier alpha value is -14.1. The fourth-order valence-corrected chi connectivity index (χ4v) is 13.9. The molecule has 45 nitrogen and oxygen atoms in total. The maximum absolute atomic E-state index is 15.4. The highest BCUT2D eigenvalue weighted by Crippen LogP contribution is 2.24. The van der Waals surface area contributed by atoms with Gasteiger partial charge >= 0.3 is 24.1 Å². The number of nitrogens with one attached hydrogen (secondary N) is 17. The molecule has 2 aromatic carbocycles. The predicted octanol–water partition coefficient (Wildman–Crippen LogP) is -2.01. The summed E-state index contributed by atoms with van der Waals surface area (Å²) in [5.41, 5.74) is 18.6. The number of hydrogen-bond donors (Lipinski definition) is 24. The monoisotopic (exact) mass is 1870 g/mol. The van der Waals surface area contributed by atoms with Crippen LogP contribution in [-0.4, -0.2) is 266 Å². The van der Waals surface area contributed by atoms with Gasteiger partial charge in [0, 0.05) is 80.9 Å². The SMILES string of the molecule is CC[C@H](C)[C@H](NC(=O)[C@H](Cc1ccc(O)cc1)NC(=O)[C@@H](NC(=O)[C@H](CCCNC(=N)N)NC(=O)[C@@H](N)CC(=O)O)C(C)C)C(=O)N[C@@H](Cc1cnc[nH]1)C(=O)N1CCC[C@H]1C(=O)N[C@@H](Cc1ccccc1)C(=O)N[C@@H](Cc1cnc[nH]1)C(=O)N[C@@H](CC(C)C)C(=O)N[C@H](C(=O)N[C@H](C(=O)N[C@@H](Cc1cnc[nH]1)C(=O)N[C@@H](CC(N)=O)C(=O)O)[C@@H](C)CC)C(C)C.O=C(O)C(F)(F)F. The molecule has 0 radical (unpaired) electrons. The number of likely N-dealkylation sites (tertiary alicyclic amines) is 1. The summed E-state index contributed by atoms with van der Waals surface area (Å²) in [5, 5.41) is 78.6. The van der Waals surface area contributed by atoms with Crippen molar-refractivity contribution in [3.05, 3.63) is 120 Å². The van der Waals surface area contributed by atoms with Crippen LogP contribution in [0.1, 0.15) is 155 Å². The number of halogens is 3. The number of amides is 14. The zero-order chi connectivity index (χ0) is 99.3. The van der Waals surface area contributed by atoms with Gasteiger partial charge in [-0.25, -0.2) is 24.5 Å². The first-order chi connectivity index (χ1) is 62.6. The van der Waals surface area contributed by atoms with E-state index >= 15 is 24.0 Å². The molecule has 1 saturated heterocycles. The van der Waals surface area contributed by atoms with E-state index in [1.165, 1.54) is 66.7 Å². The molecule has 0 aliphatic carbocycles. The Morgan fingerprint density at radius 3 is 1.30 bits per heavy atom. The molecule has 27 N–H and O–H groups in total. The van der Waals surface area contributed by atoms with Gasteiger partial charge in [0.1, 0.15) is 84.3 Å². The number of phenols is 1. The van der Waals surface area contributed by atoms with E-state index in [0.717, 1.165) is 0 Å². The lowest BCUT2D eigenvalue weighted by atomic mass is 9.95. The Bertz CT molecular complexity index is 4740. The molecule has 0 bridgehead atoms. The van der Waals surface area contributed by atoms with E-state index in [0.29, 0.717) is 34.6 Å². The number of carboxylic acid groups (broad SMARTS) is 3. The third-order valence-electron chi connectivity index (χ3n) is 21.6. The molecule has 5 aromatic rings. The van der Waals surface area contributed by atoms with Crippen LogP contribution in [0.3, 0.4) is 0 Å². The Morgan fingerprint density at radius 2 is 0.872 bits per heavy atom. The van der Waals surface area contributed by atoms with Crippen molar-refractivity contribution in [2.75, 3.05) is 13.1 Å². The van der Waals surface area contributed by atoms with E-state index < -0.39 is 228 Å². The number of aliphatic carboxylic acids is 3. The van der Waals surface area contributed by atoms with Crippen molar-refractivity contribution in [3.8, 4) is 5.75 Å². The van der Waals surface area contributed by atoms with E-state index in [9.17, 15) is 81.2 Å². The van der Waals surface area contributed by atoms with E-state index in [2.05, 4.69) is 99.0 Å². The molecule has 1 aliphatic rings. The number of H-pyrrole nitrogens is 3. The summed E-state index contributed by atoms with van der Waals surface area (Å²) in [4.78, 5) is 256. The Labute approximate surface area is 763 Å². The number of nitrogens with zero attached hydrogens (tertiary/aromatic N) is 4. The van der Waals surface area contributed by atoms with Gasteiger partial charge in [0.25, 0.3) is 0 Å².